The lowest BCUT2D eigenvalue weighted by atomic mass is 9.91. The first-order valence-corrected chi connectivity index (χ1v) is 6.95. The topological polar surface area (TPSA) is 40.5 Å². The summed E-state index contributed by atoms with van der Waals surface area (Å²) >= 11 is 0. The standard InChI is InChI=1S/C15H19F2NO2/c16-12-6-2-7-13(17)15(12)14(20)10-18(8-3-9-19)11-4-1-5-11/h2,6-7,11,19H,1,3-5,8-10H2. The first kappa shape index (κ1) is 15.1. The molecule has 0 heterocycles. The maximum atomic E-state index is 13.6. The molecule has 0 bridgehead atoms. The fourth-order valence-electron chi connectivity index (χ4n) is 2.44. The average molecular weight is 283 g/mol. The monoisotopic (exact) mass is 283 g/mol. The Morgan fingerprint density at radius 3 is 2.45 bits per heavy atom. The van der Waals surface area contributed by atoms with Gasteiger partial charge in [-0.3, -0.25) is 9.69 Å². The first-order chi connectivity index (χ1) is 9.63. The summed E-state index contributed by atoms with van der Waals surface area (Å²) in [7, 11) is 0. The van der Waals surface area contributed by atoms with Gasteiger partial charge in [0.25, 0.3) is 0 Å². The Morgan fingerprint density at radius 2 is 1.95 bits per heavy atom. The molecule has 1 aromatic carbocycles. The second kappa shape index (κ2) is 6.90. The number of benzene rings is 1. The molecular formula is C15H19F2NO2. The summed E-state index contributed by atoms with van der Waals surface area (Å²) in [5.74, 6) is -2.16. The van der Waals surface area contributed by atoms with E-state index >= 15 is 0 Å². The van der Waals surface area contributed by atoms with Gasteiger partial charge in [-0.1, -0.05) is 12.5 Å². The number of ketones is 1. The van der Waals surface area contributed by atoms with E-state index in [1.165, 1.54) is 6.07 Å². The van der Waals surface area contributed by atoms with E-state index in [1.54, 1.807) is 0 Å². The number of halogens is 2. The van der Waals surface area contributed by atoms with Gasteiger partial charge in [0, 0.05) is 19.2 Å². The van der Waals surface area contributed by atoms with Crippen molar-refractivity contribution in [2.45, 2.75) is 31.7 Å². The van der Waals surface area contributed by atoms with Crippen LogP contribution in [0.5, 0.6) is 0 Å². The zero-order valence-electron chi connectivity index (χ0n) is 11.3. The maximum absolute atomic E-state index is 13.6. The van der Waals surface area contributed by atoms with Gasteiger partial charge in [-0.25, -0.2) is 8.78 Å². The lowest BCUT2D eigenvalue weighted by molar-refractivity contribution is 0.0780. The largest absolute Gasteiger partial charge is 0.396 e. The van der Waals surface area contributed by atoms with Gasteiger partial charge in [-0.2, -0.15) is 0 Å². The van der Waals surface area contributed by atoms with Crippen LogP contribution in [0.4, 0.5) is 8.78 Å². The molecule has 1 aromatic rings. The lowest BCUT2D eigenvalue weighted by Crippen LogP contribution is -2.44. The molecule has 0 aliphatic heterocycles. The molecule has 0 unspecified atom stereocenters. The van der Waals surface area contributed by atoms with Gasteiger partial charge < -0.3 is 5.11 Å². The van der Waals surface area contributed by atoms with Crippen LogP contribution in [0.3, 0.4) is 0 Å². The molecule has 1 N–H and O–H groups in total. The molecule has 2 rings (SSSR count). The van der Waals surface area contributed by atoms with Crippen LogP contribution in [0, 0.1) is 11.6 Å². The molecule has 0 radical (unpaired) electrons. The fourth-order valence-corrected chi connectivity index (χ4v) is 2.44. The maximum Gasteiger partial charge on any atom is 0.182 e. The minimum atomic E-state index is -0.814. The predicted octanol–water partition coefficient (Wildman–Crippen LogP) is 2.38. The number of aliphatic hydroxyl groups is 1. The molecule has 110 valence electrons. The van der Waals surface area contributed by atoms with E-state index in [2.05, 4.69) is 0 Å². The highest BCUT2D eigenvalue weighted by atomic mass is 19.1. The lowest BCUT2D eigenvalue weighted by Gasteiger charge is -2.37. The van der Waals surface area contributed by atoms with Gasteiger partial charge in [0.1, 0.15) is 11.6 Å². The van der Waals surface area contributed by atoms with Crippen LogP contribution >= 0.6 is 0 Å². The van der Waals surface area contributed by atoms with Gasteiger partial charge in [0.2, 0.25) is 0 Å². The second-order valence-corrected chi connectivity index (χ2v) is 5.15. The highest BCUT2D eigenvalue weighted by Gasteiger charge is 2.28. The zero-order chi connectivity index (χ0) is 14.5. The van der Waals surface area contributed by atoms with Gasteiger partial charge >= 0.3 is 0 Å². The summed E-state index contributed by atoms with van der Waals surface area (Å²) in [5, 5.41) is 8.90. The van der Waals surface area contributed by atoms with E-state index < -0.39 is 23.0 Å². The van der Waals surface area contributed by atoms with E-state index in [4.69, 9.17) is 5.11 Å². The molecule has 1 aliphatic rings. The molecule has 0 amide bonds. The Kier molecular flexibility index (Phi) is 5.20. The Bertz CT molecular complexity index is 455. The molecular weight excluding hydrogens is 264 g/mol. The van der Waals surface area contributed by atoms with Crippen LogP contribution in [0.2, 0.25) is 0 Å². The van der Waals surface area contributed by atoms with Crippen molar-refractivity contribution in [2.24, 2.45) is 0 Å². The third-order valence-electron chi connectivity index (χ3n) is 3.78. The Labute approximate surface area is 117 Å². The van der Waals surface area contributed by atoms with E-state index in [9.17, 15) is 13.6 Å². The van der Waals surface area contributed by atoms with Crippen molar-refractivity contribution in [2.75, 3.05) is 19.7 Å². The second-order valence-electron chi connectivity index (χ2n) is 5.15. The molecule has 1 aliphatic carbocycles. The minimum absolute atomic E-state index is 0.00250. The molecule has 3 nitrogen and oxygen atoms in total. The van der Waals surface area contributed by atoms with Gasteiger partial charge in [-0.15, -0.1) is 0 Å². The predicted molar refractivity (Wildman–Crippen MR) is 71.6 cm³/mol. The van der Waals surface area contributed by atoms with E-state index in [-0.39, 0.29) is 13.2 Å². The Morgan fingerprint density at radius 1 is 1.30 bits per heavy atom. The van der Waals surface area contributed by atoms with E-state index in [0.29, 0.717) is 19.0 Å². The molecule has 20 heavy (non-hydrogen) atoms. The highest BCUT2D eigenvalue weighted by molar-refractivity contribution is 5.98. The van der Waals surface area contributed by atoms with Crippen LogP contribution in [0.25, 0.3) is 0 Å². The summed E-state index contributed by atoms with van der Waals surface area (Å²) in [5.41, 5.74) is -0.458. The van der Waals surface area contributed by atoms with Crippen molar-refractivity contribution in [3.63, 3.8) is 0 Å². The van der Waals surface area contributed by atoms with Gasteiger partial charge in [-0.05, 0) is 31.4 Å². The quantitative estimate of drug-likeness (QED) is 0.781. The summed E-state index contributed by atoms with van der Waals surface area (Å²) in [6.07, 6.45) is 3.67. The van der Waals surface area contributed by atoms with Crippen LogP contribution < -0.4 is 0 Å². The van der Waals surface area contributed by atoms with Crippen LogP contribution in [-0.2, 0) is 0 Å². The number of rotatable bonds is 7. The number of Topliss-reactive ketones (excluding diaryl/α,β-unsaturated/α-hetero) is 1. The summed E-state index contributed by atoms with van der Waals surface area (Å²) < 4.78 is 27.2. The van der Waals surface area contributed by atoms with E-state index in [1.807, 2.05) is 4.90 Å². The molecule has 0 aromatic heterocycles. The Balaban J connectivity index is 2.07. The summed E-state index contributed by atoms with van der Waals surface area (Å²) in [6, 6.07) is 3.73. The highest BCUT2D eigenvalue weighted by Crippen LogP contribution is 2.25. The third kappa shape index (κ3) is 3.41. The van der Waals surface area contributed by atoms with Crippen LogP contribution in [0.15, 0.2) is 18.2 Å². The zero-order valence-corrected chi connectivity index (χ0v) is 11.3. The summed E-state index contributed by atoms with van der Waals surface area (Å²) in [6.45, 7) is 0.622. The van der Waals surface area contributed by atoms with Crippen LogP contribution in [0.1, 0.15) is 36.0 Å². The number of nitrogens with zero attached hydrogens (tertiary/aromatic N) is 1. The SMILES string of the molecule is O=C(CN(CCCO)C1CCC1)c1c(F)cccc1F. The minimum Gasteiger partial charge on any atom is -0.396 e. The number of aliphatic hydroxyl groups excluding tert-OH is 1. The molecule has 0 saturated heterocycles. The van der Waals surface area contributed by atoms with Gasteiger partial charge in [0.05, 0.1) is 12.1 Å². The fraction of sp³-hybridized carbons (Fsp3) is 0.533. The summed E-state index contributed by atoms with van der Waals surface area (Å²) in [4.78, 5) is 14.0. The smallest absolute Gasteiger partial charge is 0.182 e. The number of hydrogen-bond donors (Lipinski definition) is 1. The molecule has 0 spiro atoms. The normalized spacial score (nSPS) is 15.4. The van der Waals surface area contributed by atoms with Crippen LogP contribution in [-0.4, -0.2) is 41.5 Å². The molecule has 0 atom stereocenters. The van der Waals surface area contributed by atoms with Crippen molar-refractivity contribution in [3.05, 3.63) is 35.4 Å². The van der Waals surface area contributed by atoms with Crippen molar-refractivity contribution in [1.29, 1.82) is 0 Å². The van der Waals surface area contributed by atoms with Crippen molar-refractivity contribution in [1.82, 2.24) is 4.90 Å². The number of carbonyl (C=O) groups excluding carboxylic acids is 1. The molecule has 5 heteroatoms. The van der Waals surface area contributed by atoms with Gasteiger partial charge in [0.15, 0.2) is 5.78 Å². The first-order valence-electron chi connectivity index (χ1n) is 6.95. The Hall–Kier alpha value is -1.33. The van der Waals surface area contributed by atoms with E-state index in [0.717, 1.165) is 31.4 Å². The molecule has 1 saturated carbocycles. The van der Waals surface area contributed by atoms with Crippen molar-refractivity contribution < 1.29 is 18.7 Å². The number of carbonyl (C=O) groups is 1. The van der Waals surface area contributed by atoms with Crippen molar-refractivity contribution >= 4 is 5.78 Å². The third-order valence-corrected chi connectivity index (χ3v) is 3.78. The number of hydrogen-bond acceptors (Lipinski definition) is 3. The average Bonchev–Trinajstić information content (AvgIpc) is 2.33. The van der Waals surface area contributed by atoms with Crippen molar-refractivity contribution in [3.8, 4) is 0 Å². The molecule has 1 fully saturated rings.